The molecular weight excluding hydrogens is 371 g/mol. The van der Waals surface area contributed by atoms with Crippen LogP contribution in [0.1, 0.15) is 55.4 Å². The molecule has 2 aromatic rings. The van der Waals surface area contributed by atoms with E-state index in [-0.39, 0.29) is 11.2 Å². The average molecular weight is 405 g/mol. The van der Waals surface area contributed by atoms with Crippen molar-refractivity contribution in [2.24, 2.45) is 5.41 Å². The molecule has 158 valence electrons. The average Bonchev–Trinajstić information content (AvgIpc) is 2.89. The predicted octanol–water partition coefficient (Wildman–Crippen LogP) is 6.76. The number of nitrogens with one attached hydrogen (secondary N) is 1. The minimum atomic E-state index is -0.219. The van der Waals surface area contributed by atoms with Crippen molar-refractivity contribution in [2.75, 3.05) is 16.8 Å². The van der Waals surface area contributed by atoms with Crippen LogP contribution in [-0.4, -0.2) is 6.54 Å². The van der Waals surface area contributed by atoms with Crippen LogP contribution >= 0.6 is 0 Å². The van der Waals surface area contributed by atoms with E-state index in [4.69, 9.17) is 6.42 Å². The van der Waals surface area contributed by atoms with Gasteiger partial charge >= 0.3 is 0 Å². The molecule has 2 aromatic carbocycles. The van der Waals surface area contributed by atoms with E-state index in [1.807, 2.05) is 12.1 Å². The summed E-state index contributed by atoms with van der Waals surface area (Å²) < 4.78 is 13.3. The van der Waals surface area contributed by atoms with Crippen LogP contribution in [0.25, 0.3) is 0 Å². The Morgan fingerprint density at radius 3 is 2.60 bits per heavy atom. The maximum atomic E-state index is 13.3. The maximum absolute atomic E-state index is 13.3. The Labute approximate surface area is 181 Å². The molecule has 2 nitrogen and oxygen atoms in total. The first-order chi connectivity index (χ1) is 14.2. The first kappa shape index (κ1) is 22.0. The number of anilines is 2. The highest BCUT2D eigenvalue weighted by Gasteiger charge is 2.22. The van der Waals surface area contributed by atoms with E-state index in [9.17, 15) is 4.39 Å². The van der Waals surface area contributed by atoms with Gasteiger partial charge in [-0.1, -0.05) is 18.7 Å². The third-order valence-corrected chi connectivity index (χ3v) is 5.96. The molecule has 1 N–H and O–H groups in total. The number of allylic oxidation sites excluding steroid dienone is 1. The summed E-state index contributed by atoms with van der Waals surface area (Å²) in [5.74, 6) is 2.66. The van der Waals surface area contributed by atoms with Gasteiger partial charge in [0.2, 0.25) is 0 Å². The van der Waals surface area contributed by atoms with Crippen LogP contribution in [0.5, 0.6) is 0 Å². The zero-order valence-electron chi connectivity index (χ0n) is 18.7. The van der Waals surface area contributed by atoms with Gasteiger partial charge < -0.3 is 10.2 Å². The zero-order valence-corrected chi connectivity index (χ0v) is 18.7. The van der Waals surface area contributed by atoms with E-state index in [0.29, 0.717) is 0 Å². The van der Waals surface area contributed by atoms with Gasteiger partial charge in [0.1, 0.15) is 5.82 Å². The van der Waals surface area contributed by atoms with Crippen molar-refractivity contribution in [3.63, 3.8) is 0 Å². The molecular formula is C27H33FN2. The lowest BCUT2D eigenvalue weighted by atomic mass is 9.89. The number of aryl methyl sites for hydroxylation is 1. The smallest absolute Gasteiger partial charge is 0.123 e. The lowest BCUT2D eigenvalue weighted by Gasteiger charge is -2.29. The molecule has 0 aromatic heterocycles. The van der Waals surface area contributed by atoms with Crippen molar-refractivity contribution in [1.29, 1.82) is 0 Å². The second-order valence-corrected chi connectivity index (χ2v) is 9.13. The van der Waals surface area contributed by atoms with Gasteiger partial charge in [0.05, 0.1) is 0 Å². The molecule has 1 heterocycles. The highest BCUT2D eigenvalue weighted by Crippen LogP contribution is 2.37. The van der Waals surface area contributed by atoms with Crippen molar-refractivity contribution in [2.45, 2.75) is 59.9 Å². The van der Waals surface area contributed by atoms with Gasteiger partial charge in [0.15, 0.2) is 0 Å². The van der Waals surface area contributed by atoms with Crippen LogP contribution in [0.15, 0.2) is 42.6 Å². The first-order valence-corrected chi connectivity index (χ1v) is 10.8. The van der Waals surface area contributed by atoms with Gasteiger partial charge in [-0.2, -0.15) is 0 Å². The molecule has 0 spiro atoms. The van der Waals surface area contributed by atoms with Crippen LogP contribution in [0.4, 0.5) is 15.8 Å². The van der Waals surface area contributed by atoms with E-state index in [0.717, 1.165) is 49.3 Å². The molecule has 30 heavy (non-hydrogen) atoms. The van der Waals surface area contributed by atoms with Gasteiger partial charge in [-0.3, -0.25) is 0 Å². The van der Waals surface area contributed by atoms with Crippen molar-refractivity contribution in [3.05, 3.63) is 70.7 Å². The maximum Gasteiger partial charge on any atom is 0.123 e. The van der Waals surface area contributed by atoms with Crippen LogP contribution < -0.4 is 10.2 Å². The molecule has 0 bridgehead atoms. The first-order valence-electron chi connectivity index (χ1n) is 10.8. The summed E-state index contributed by atoms with van der Waals surface area (Å²) >= 11 is 0. The van der Waals surface area contributed by atoms with E-state index >= 15 is 0 Å². The number of benzene rings is 2. The zero-order chi connectivity index (χ0) is 21.9. The fourth-order valence-corrected chi connectivity index (χ4v) is 4.30. The van der Waals surface area contributed by atoms with Crippen molar-refractivity contribution in [3.8, 4) is 12.3 Å². The molecule has 0 amide bonds. The second-order valence-electron chi connectivity index (χ2n) is 9.13. The Hall–Kier alpha value is -2.73. The second kappa shape index (κ2) is 8.96. The highest BCUT2D eigenvalue weighted by molar-refractivity contribution is 5.71. The number of nitrogens with zero attached hydrogens (tertiary/aromatic N) is 1. The summed E-state index contributed by atoms with van der Waals surface area (Å²) in [7, 11) is 0. The quantitative estimate of drug-likeness (QED) is 0.535. The Morgan fingerprint density at radius 1 is 1.23 bits per heavy atom. The molecule has 0 saturated heterocycles. The van der Waals surface area contributed by atoms with Crippen LogP contribution in [0.2, 0.25) is 0 Å². The molecule has 0 aliphatic carbocycles. The number of halogens is 1. The van der Waals surface area contributed by atoms with Gasteiger partial charge in [0.25, 0.3) is 0 Å². The topological polar surface area (TPSA) is 15.3 Å². The lowest BCUT2D eigenvalue weighted by molar-refractivity contribution is 0.501. The largest absolute Gasteiger partial charge is 0.367 e. The van der Waals surface area contributed by atoms with Crippen LogP contribution in [-0.2, 0) is 13.0 Å². The summed E-state index contributed by atoms with van der Waals surface area (Å²) in [4.78, 5) is 2.44. The van der Waals surface area contributed by atoms with Gasteiger partial charge in [0, 0.05) is 42.0 Å². The predicted molar refractivity (Wildman–Crippen MR) is 126 cm³/mol. The van der Waals surface area contributed by atoms with Crippen LogP contribution in [0, 0.1) is 37.4 Å². The summed E-state index contributed by atoms with van der Waals surface area (Å²) in [6, 6.07) is 9.14. The van der Waals surface area contributed by atoms with Crippen molar-refractivity contribution < 1.29 is 4.39 Å². The minimum absolute atomic E-state index is 0.189. The summed E-state index contributed by atoms with van der Waals surface area (Å²) in [6.45, 7) is 14.5. The molecule has 0 unspecified atom stereocenters. The van der Waals surface area contributed by atoms with Crippen molar-refractivity contribution in [1.82, 2.24) is 0 Å². The molecule has 0 radical (unpaired) electrons. The molecule has 0 saturated carbocycles. The molecule has 3 heteroatoms. The molecule has 3 rings (SSSR count). The Balaban J connectivity index is 1.90. The number of hydrogen-bond donors (Lipinski definition) is 1. The number of fused-ring (bicyclic) bond motifs is 1. The summed E-state index contributed by atoms with van der Waals surface area (Å²) in [6.07, 6.45) is 9.78. The number of rotatable bonds is 6. The standard InChI is InChI=1S/C27H33FN2/c1-7-27(5,6)17-20(3)29-26-19(2)16-25-24(21(26)4)10-8-9-15-30(25)18-22-11-13-23(28)14-12-22/h1,11-14,16,29H,3,8-10,15,17-18H2,2,4-6H3. The monoisotopic (exact) mass is 404 g/mol. The Morgan fingerprint density at radius 2 is 1.93 bits per heavy atom. The van der Waals surface area contributed by atoms with E-state index in [2.05, 4.69) is 56.5 Å². The highest BCUT2D eigenvalue weighted by atomic mass is 19.1. The van der Waals surface area contributed by atoms with Gasteiger partial charge in [-0.05, 0) is 87.4 Å². The fourth-order valence-electron chi connectivity index (χ4n) is 4.30. The van der Waals surface area contributed by atoms with Gasteiger partial charge in [-0.15, -0.1) is 12.3 Å². The van der Waals surface area contributed by atoms with E-state index < -0.39 is 0 Å². The molecule has 0 atom stereocenters. The Kier molecular flexibility index (Phi) is 6.56. The van der Waals surface area contributed by atoms with E-state index in [1.165, 1.54) is 28.8 Å². The fraction of sp³-hybridized carbons (Fsp3) is 0.407. The number of terminal acetylenes is 1. The normalized spacial score (nSPS) is 13.9. The number of hydrogen-bond acceptors (Lipinski definition) is 2. The Bertz CT molecular complexity index is 964. The van der Waals surface area contributed by atoms with Gasteiger partial charge in [-0.25, -0.2) is 4.39 Å². The SMILES string of the molecule is C#CC(C)(C)CC(=C)Nc1c(C)cc2c(c1C)CCCCN2Cc1ccc(F)cc1. The summed E-state index contributed by atoms with van der Waals surface area (Å²) in [5, 5.41) is 3.56. The lowest BCUT2D eigenvalue weighted by Crippen LogP contribution is -2.24. The third kappa shape index (κ3) is 5.05. The minimum Gasteiger partial charge on any atom is -0.367 e. The van der Waals surface area contributed by atoms with Crippen LogP contribution in [0.3, 0.4) is 0 Å². The molecule has 0 fully saturated rings. The van der Waals surface area contributed by atoms with E-state index in [1.54, 1.807) is 12.1 Å². The summed E-state index contributed by atoms with van der Waals surface area (Å²) in [5.41, 5.74) is 8.19. The van der Waals surface area contributed by atoms with Crippen molar-refractivity contribution >= 4 is 11.4 Å². The third-order valence-electron chi connectivity index (χ3n) is 5.96. The molecule has 1 aliphatic heterocycles. The molecule has 1 aliphatic rings.